The van der Waals surface area contributed by atoms with Gasteiger partial charge in [0, 0.05) is 25.8 Å². The van der Waals surface area contributed by atoms with E-state index in [1.807, 2.05) is 18.2 Å². The van der Waals surface area contributed by atoms with Crippen molar-refractivity contribution in [2.45, 2.75) is 26.4 Å². The van der Waals surface area contributed by atoms with E-state index in [1.165, 1.54) is 0 Å². The van der Waals surface area contributed by atoms with Crippen molar-refractivity contribution in [1.29, 1.82) is 0 Å². The van der Waals surface area contributed by atoms with Gasteiger partial charge in [0.25, 0.3) is 0 Å². The molecule has 4 heteroatoms. The lowest BCUT2D eigenvalue weighted by Gasteiger charge is -2.09. The summed E-state index contributed by atoms with van der Waals surface area (Å²) in [6.45, 7) is 6.09. The van der Waals surface area contributed by atoms with Gasteiger partial charge in [0.2, 0.25) is 5.88 Å². The van der Waals surface area contributed by atoms with Gasteiger partial charge >= 0.3 is 0 Å². The van der Waals surface area contributed by atoms with Crippen LogP contribution in [0.3, 0.4) is 0 Å². The molecule has 0 aliphatic carbocycles. The summed E-state index contributed by atoms with van der Waals surface area (Å²) in [5.74, 6) is 0.653. The Labute approximate surface area is 97.0 Å². The van der Waals surface area contributed by atoms with Crippen molar-refractivity contribution in [2.75, 3.05) is 20.3 Å². The van der Waals surface area contributed by atoms with Gasteiger partial charge in [-0.15, -0.1) is 0 Å². The molecule has 0 saturated carbocycles. The number of nitrogens with zero attached hydrogens (tertiary/aromatic N) is 1. The molecular formula is C12H20N2O2. The molecule has 0 aliphatic rings. The average Bonchev–Trinajstić information content (AvgIpc) is 2.27. The molecule has 1 N–H and O–H groups in total. The summed E-state index contributed by atoms with van der Waals surface area (Å²) >= 11 is 0. The molecule has 1 rings (SSSR count). The molecule has 0 aromatic carbocycles. The molecular weight excluding hydrogens is 204 g/mol. The maximum absolute atomic E-state index is 5.43. The third kappa shape index (κ3) is 5.09. The standard InChI is InChI=1S/C12H20N2O2/c1-10(2)13-9-11-5-4-6-12(14-11)16-8-7-15-3/h4-6,10,13H,7-9H2,1-3H3. The zero-order chi connectivity index (χ0) is 11.8. The van der Waals surface area contributed by atoms with Gasteiger partial charge in [-0.2, -0.15) is 0 Å². The van der Waals surface area contributed by atoms with E-state index in [2.05, 4.69) is 24.1 Å². The lowest BCUT2D eigenvalue weighted by atomic mass is 10.3. The van der Waals surface area contributed by atoms with Gasteiger partial charge in [-0.25, -0.2) is 4.98 Å². The lowest BCUT2D eigenvalue weighted by molar-refractivity contribution is 0.143. The first-order chi connectivity index (χ1) is 7.72. The molecule has 4 nitrogen and oxygen atoms in total. The average molecular weight is 224 g/mol. The highest BCUT2D eigenvalue weighted by molar-refractivity contribution is 5.15. The zero-order valence-electron chi connectivity index (χ0n) is 10.2. The maximum atomic E-state index is 5.43. The normalized spacial score (nSPS) is 10.8. The molecule has 0 bridgehead atoms. The molecule has 0 atom stereocenters. The fraction of sp³-hybridized carbons (Fsp3) is 0.583. The second kappa shape index (κ2) is 7.19. The Bertz CT molecular complexity index is 303. The summed E-state index contributed by atoms with van der Waals surface area (Å²) in [4.78, 5) is 4.38. The Hall–Kier alpha value is -1.13. The van der Waals surface area contributed by atoms with Gasteiger partial charge in [-0.1, -0.05) is 19.9 Å². The molecule has 0 spiro atoms. The largest absolute Gasteiger partial charge is 0.475 e. The first-order valence-corrected chi connectivity index (χ1v) is 5.53. The highest BCUT2D eigenvalue weighted by atomic mass is 16.5. The number of ether oxygens (including phenoxy) is 2. The molecule has 0 amide bonds. The predicted molar refractivity (Wildman–Crippen MR) is 63.6 cm³/mol. The Morgan fingerprint density at radius 1 is 1.31 bits per heavy atom. The van der Waals surface area contributed by atoms with Crippen LogP contribution in [0.5, 0.6) is 5.88 Å². The summed E-state index contributed by atoms with van der Waals surface area (Å²) in [7, 11) is 1.65. The van der Waals surface area contributed by atoms with Crippen molar-refractivity contribution < 1.29 is 9.47 Å². The van der Waals surface area contributed by atoms with E-state index in [4.69, 9.17) is 9.47 Å². The maximum Gasteiger partial charge on any atom is 0.213 e. The highest BCUT2D eigenvalue weighted by Crippen LogP contribution is 2.07. The van der Waals surface area contributed by atoms with E-state index in [9.17, 15) is 0 Å². The van der Waals surface area contributed by atoms with Crippen LogP contribution in [0.25, 0.3) is 0 Å². The van der Waals surface area contributed by atoms with Gasteiger partial charge < -0.3 is 14.8 Å². The summed E-state index contributed by atoms with van der Waals surface area (Å²) < 4.78 is 10.3. The second-order valence-electron chi connectivity index (χ2n) is 3.84. The van der Waals surface area contributed by atoms with E-state index in [0.29, 0.717) is 25.1 Å². The van der Waals surface area contributed by atoms with Gasteiger partial charge in [-0.3, -0.25) is 0 Å². The number of methoxy groups -OCH3 is 1. The van der Waals surface area contributed by atoms with Crippen LogP contribution in [0, 0.1) is 0 Å². The first kappa shape index (κ1) is 12.9. The molecule has 1 aromatic heterocycles. The number of hydrogen-bond acceptors (Lipinski definition) is 4. The van der Waals surface area contributed by atoms with Gasteiger partial charge in [0.1, 0.15) is 6.61 Å². The number of rotatable bonds is 7. The Morgan fingerprint density at radius 3 is 2.81 bits per heavy atom. The van der Waals surface area contributed by atoms with Crippen molar-refractivity contribution in [1.82, 2.24) is 10.3 Å². The molecule has 0 unspecified atom stereocenters. The fourth-order valence-electron chi connectivity index (χ4n) is 1.17. The quantitative estimate of drug-likeness (QED) is 0.714. The van der Waals surface area contributed by atoms with Crippen molar-refractivity contribution in [3.8, 4) is 5.88 Å². The van der Waals surface area contributed by atoms with E-state index in [-0.39, 0.29) is 0 Å². The van der Waals surface area contributed by atoms with Crippen LogP contribution in [-0.4, -0.2) is 31.3 Å². The second-order valence-corrected chi connectivity index (χ2v) is 3.84. The van der Waals surface area contributed by atoms with Crippen LogP contribution in [0.4, 0.5) is 0 Å². The number of pyridine rings is 1. The zero-order valence-corrected chi connectivity index (χ0v) is 10.2. The van der Waals surface area contributed by atoms with Gasteiger partial charge in [-0.05, 0) is 6.07 Å². The predicted octanol–water partition coefficient (Wildman–Crippen LogP) is 1.60. The van der Waals surface area contributed by atoms with Crippen molar-refractivity contribution >= 4 is 0 Å². The van der Waals surface area contributed by atoms with E-state index >= 15 is 0 Å². The van der Waals surface area contributed by atoms with Crippen molar-refractivity contribution in [3.63, 3.8) is 0 Å². The highest BCUT2D eigenvalue weighted by Gasteiger charge is 1.99. The van der Waals surface area contributed by atoms with Crippen LogP contribution in [-0.2, 0) is 11.3 Å². The summed E-state index contributed by atoms with van der Waals surface area (Å²) in [5, 5.41) is 3.31. The molecule has 16 heavy (non-hydrogen) atoms. The van der Waals surface area contributed by atoms with Crippen LogP contribution in [0.2, 0.25) is 0 Å². The van der Waals surface area contributed by atoms with Crippen molar-refractivity contribution in [3.05, 3.63) is 23.9 Å². The van der Waals surface area contributed by atoms with E-state index in [1.54, 1.807) is 7.11 Å². The monoisotopic (exact) mass is 224 g/mol. The summed E-state index contributed by atoms with van der Waals surface area (Å²) in [6.07, 6.45) is 0. The van der Waals surface area contributed by atoms with Crippen LogP contribution < -0.4 is 10.1 Å². The first-order valence-electron chi connectivity index (χ1n) is 5.53. The van der Waals surface area contributed by atoms with Crippen LogP contribution in [0.15, 0.2) is 18.2 Å². The topological polar surface area (TPSA) is 43.4 Å². The summed E-state index contributed by atoms with van der Waals surface area (Å²) in [6, 6.07) is 6.25. The Morgan fingerprint density at radius 2 is 2.12 bits per heavy atom. The Balaban J connectivity index is 2.43. The fourth-order valence-corrected chi connectivity index (χ4v) is 1.17. The van der Waals surface area contributed by atoms with Crippen LogP contribution >= 0.6 is 0 Å². The van der Waals surface area contributed by atoms with Crippen molar-refractivity contribution in [2.24, 2.45) is 0 Å². The molecule has 0 aliphatic heterocycles. The smallest absolute Gasteiger partial charge is 0.213 e. The number of aromatic nitrogens is 1. The minimum Gasteiger partial charge on any atom is -0.475 e. The summed E-state index contributed by atoms with van der Waals surface area (Å²) in [5.41, 5.74) is 0.989. The molecule has 1 heterocycles. The molecule has 0 radical (unpaired) electrons. The lowest BCUT2D eigenvalue weighted by Crippen LogP contribution is -2.22. The minimum atomic E-state index is 0.458. The number of hydrogen-bond donors (Lipinski definition) is 1. The number of nitrogens with one attached hydrogen (secondary N) is 1. The van der Waals surface area contributed by atoms with Crippen LogP contribution in [0.1, 0.15) is 19.5 Å². The van der Waals surface area contributed by atoms with E-state index < -0.39 is 0 Å². The van der Waals surface area contributed by atoms with Gasteiger partial charge in [0.05, 0.1) is 12.3 Å². The third-order valence-corrected chi connectivity index (χ3v) is 2.01. The SMILES string of the molecule is COCCOc1cccc(CNC(C)C)n1. The molecule has 0 fully saturated rings. The molecule has 90 valence electrons. The van der Waals surface area contributed by atoms with E-state index in [0.717, 1.165) is 12.2 Å². The van der Waals surface area contributed by atoms with Gasteiger partial charge in [0.15, 0.2) is 0 Å². The third-order valence-electron chi connectivity index (χ3n) is 2.01. The molecule has 0 saturated heterocycles. The Kier molecular flexibility index (Phi) is 5.82. The minimum absolute atomic E-state index is 0.458. The molecule has 1 aromatic rings.